The smallest absolute Gasteiger partial charge is 0.105 e. The van der Waals surface area contributed by atoms with Crippen molar-refractivity contribution in [2.45, 2.75) is 18.3 Å². The molecule has 1 N–H and O–H groups in total. The van der Waals surface area contributed by atoms with Crippen molar-refractivity contribution in [1.29, 1.82) is 5.26 Å². The monoisotopic (exact) mass is 211 g/mol. The van der Waals surface area contributed by atoms with E-state index in [0.29, 0.717) is 0 Å². The number of hydrogen-bond acceptors (Lipinski definition) is 2. The second kappa shape index (κ2) is 2.08. The average Bonchev–Trinajstić information content (AvgIpc) is 2.70. The summed E-state index contributed by atoms with van der Waals surface area (Å²) in [6, 6.07) is 2.31. The third-order valence-corrected chi connectivity index (χ3v) is 2.68. The molecule has 0 bridgehead atoms. The number of H-pyrrole nitrogens is 1. The number of nitriles is 1. The fraction of sp³-hybridized carbons (Fsp3) is 0.429. The fourth-order valence-corrected chi connectivity index (χ4v) is 1.75. The number of halogens is 1. The van der Waals surface area contributed by atoms with Crippen LogP contribution in [0.15, 0.2) is 10.8 Å². The van der Waals surface area contributed by atoms with E-state index in [1.54, 1.807) is 6.20 Å². The Bertz CT molecular complexity index is 319. The van der Waals surface area contributed by atoms with Gasteiger partial charge in [-0.05, 0) is 28.8 Å². The van der Waals surface area contributed by atoms with Crippen molar-refractivity contribution < 1.29 is 0 Å². The van der Waals surface area contributed by atoms with Gasteiger partial charge < -0.3 is 0 Å². The van der Waals surface area contributed by atoms with Gasteiger partial charge in [-0.15, -0.1) is 0 Å². The van der Waals surface area contributed by atoms with Crippen LogP contribution >= 0.6 is 15.9 Å². The van der Waals surface area contributed by atoms with Crippen LogP contribution in [0.2, 0.25) is 0 Å². The lowest BCUT2D eigenvalue weighted by molar-refractivity contribution is 0.902. The van der Waals surface area contributed by atoms with Crippen LogP contribution in [-0.4, -0.2) is 10.2 Å². The summed E-state index contributed by atoms with van der Waals surface area (Å²) in [6.07, 6.45) is 3.64. The van der Waals surface area contributed by atoms with Crippen molar-refractivity contribution in [3.63, 3.8) is 0 Å². The highest BCUT2D eigenvalue weighted by Gasteiger charge is 2.46. The molecule has 1 fully saturated rings. The molecule has 56 valence electrons. The topological polar surface area (TPSA) is 52.5 Å². The molecule has 0 spiro atoms. The zero-order valence-electron chi connectivity index (χ0n) is 5.76. The highest BCUT2D eigenvalue weighted by molar-refractivity contribution is 9.10. The first kappa shape index (κ1) is 6.86. The minimum Gasteiger partial charge on any atom is -0.271 e. The van der Waals surface area contributed by atoms with Crippen molar-refractivity contribution >= 4 is 15.9 Å². The molecule has 1 heterocycles. The normalized spacial score (nSPS) is 19.3. The number of aromatic amines is 1. The van der Waals surface area contributed by atoms with Crippen LogP contribution in [-0.2, 0) is 5.41 Å². The van der Waals surface area contributed by atoms with Gasteiger partial charge in [0.05, 0.1) is 17.7 Å². The van der Waals surface area contributed by atoms with Gasteiger partial charge in [-0.25, -0.2) is 0 Å². The summed E-state index contributed by atoms with van der Waals surface area (Å²) >= 11 is 3.31. The Morgan fingerprint density at radius 1 is 1.73 bits per heavy atom. The predicted octanol–water partition coefficient (Wildman–Crippen LogP) is 1.73. The summed E-state index contributed by atoms with van der Waals surface area (Å²) in [5.41, 5.74) is 0.770. The van der Waals surface area contributed by atoms with Crippen molar-refractivity contribution in [2.75, 3.05) is 0 Å². The molecule has 0 atom stereocenters. The van der Waals surface area contributed by atoms with E-state index in [1.165, 1.54) is 0 Å². The van der Waals surface area contributed by atoms with Crippen LogP contribution in [0.5, 0.6) is 0 Å². The lowest BCUT2D eigenvalue weighted by Gasteiger charge is -1.99. The average molecular weight is 212 g/mol. The van der Waals surface area contributed by atoms with Crippen molar-refractivity contribution in [3.8, 4) is 6.07 Å². The molecular weight excluding hydrogens is 206 g/mol. The van der Waals surface area contributed by atoms with Gasteiger partial charge in [0, 0.05) is 5.56 Å². The molecule has 0 radical (unpaired) electrons. The molecular formula is C7H6BrN3. The van der Waals surface area contributed by atoms with E-state index >= 15 is 0 Å². The van der Waals surface area contributed by atoms with Crippen LogP contribution in [0, 0.1) is 11.3 Å². The van der Waals surface area contributed by atoms with Gasteiger partial charge in [-0.1, -0.05) is 0 Å². The Kier molecular flexibility index (Phi) is 1.30. The van der Waals surface area contributed by atoms with Crippen LogP contribution in [0.4, 0.5) is 0 Å². The SMILES string of the molecule is N#CC1(c2cn[nH]c2Br)CC1. The highest BCUT2D eigenvalue weighted by atomic mass is 79.9. The molecule has 1 aliphatic rings. The van der Waals surface area contributed by atoms with Gasteiger partial charge in [0.1, 0.15) is 4.60 Å². The second-order valence-corrected chi connectivity index (χ2v) is 3.58. The number of nitrogens with zero attached hydrogens (tertiary/aromatic N) is 2. The molecule has 1 aromatic rings. The van der Waals surface area contributed by atoms with Crippen molar-refractivity contribution in [3.05, 3.63) is 16.4 Å². The summed E-state index contributed by atoms with van der Waals surface area (Å²) in [5.74, 6) is 0. The van der Waals surface area contributed by atoms with Gasteiger partial charge >= 0.3 is 0 Å². The second-order valence-electron chi connectivity index (χ2n) is 2.79. The zero-order chi connectivity index (χ0) is 7.90. The molecule has 2 rings (SSSR count). The zero-order valence-corrected chi connectivity index (χ0v) is 7.35. The molecule has 4 heteroatoms. The van der Waals surface area contributed by atoms with Gasteiger partial charge in [0.25, 0.3) is 0 Å². The molecule has 0 unspecified atom stereocenters. The number of aromatic nitrogens is 2. The highest BCUT2D eigenvalue weighted by Crippen LogP contribution is 2.49. The van der Waals surface area contributed by atoms with Gasteiger partial charge in [0.2, 0.25) is 0 Å². The maximum absolute atomic E-state index is 8.84. The molecule has 3 nitrogen and oxygen atoms in total. The molecule has 1 saturated carbocycles. The number of rotatable bonds is 1. The van der Waals surface area contributed by atoms with Crippen LogP contribution in [0.1, 0.15) is 18.4 Å². The molecule has 1 aromatic heterocycles. The Morgan fingerprint density at radius 2 is 2.45 bits per heavy atom. The Balaban J connectivity index is 2.45. The minimum absolute atomic E-state index is 0.230. The van der Waals surface area contributed by atoms with Crippen LogP contribution in [0.3, 0.4) is 0 Å². The van der Waals surface area contributed by atoms with E-state index < -0.39 is 0 Å². The third-order valence-electron chi connectivity index (χ3n) is 2.07. The lowest BCUT2D eigenvalue weighted by Crippen LogP contribution is -2.00. The molecule has 1 aliphatic carbocycles. The maximum Gasteiger partial charge on any atom is 0.105 e. The number of nitrogens with one attached hydrogen (secondary N) is 1. The van der Waals surface area contributed by atoms with Gasteiger partial charge in [0.15, 0.2) is 0 Å². The van der Waals surface area contributed by atoms with E-state index in [1.807, 2.05) is 0 Å². The van der Waals surface area contributed by atoms with E-state index in [4.69, 9.17) is 5.26 Å². The summed E-state index contributed by atoms with van der Waals surface area (Å²) in [7, 11) is 0. The Morgan fingerprint density at radius 3 is 2.82 bits per heavy atom. The van der Waals surface area contributed by atoms with E-state index in [2.05, 4.69) is 32.2 Å². The Labute approximate surface area is 72.5 Å². The van der Waals surface area contributed by atoms with Gasteiger partial charge in [-0.3, -0.25) is 5.10 Å². The van der Waals surface area contributed by atoms with Gasteiger partial charge in [-0.2, -0.15) is 10.4 Å². The molecule has 11 heavy (non-hydrogen) atoms. The third kappa shape index (κ3) is 0.881. The Hall–Kier alpha value is -0.820. The molecule has 0 aromatic carbocycles. The standard InChI is InChI=1S/C7H6BrN3/c8-6-5(3-10-11-6)7(4-9)1-2-7/h3H,1-2H2,(H,10,11). The summed E-state index contributed by atoms with van der Waals surface area (Å²) < 4.78 is 0.844. The molecule has 0 amide bonds. The van der Waals surface area contributed by atoms with E-state index in [-0.39, 0.29) is 5.41 Å². The summed E-state index contributed by atoms with van der Waals surface area (Å²) in [5, 5.41) is 15.5. The molecule has 0 aliphatic heterocycles. The van der Waals surface area contributed by atoms with E-state index in [0.717, 1.165) is 23.0 Å². The fourth-order valence-electron chi connectivity index (χ4n) is 1.17. The number of hydrogen-bond donors (Lipinski definition) is 1. The predicted molar refractivity (Wildman–Crippen MR) is 42.8 cm³/mol. The summed E-state index contributed by atoms with van der Waals surface area (Å²) in [6.45, 7) is 0. The first-order valence-electron chi connectivity index (χ1n) is 3.39. The van der Waals surface area contributed by atoms with Crippen molar-refractivity contribution in [2.24, 2.45) is 0 Å². The lowest BCUT2D eigenvalue weighted by atomic mass is 10.0. The quantitative estimate of drug-likeness (QED) is 0.770. The first-order valence-corrected chi connectivity index (χ1v) is 4.18. The summed E-state index contributed by atoms with van der Waals surface area (Å²) in [4.78, 5) is 0. The van der Waals surface area contributed by atoms with Crippen LogP contribution < -0.4 is 0 Å². The van der Waals surface area contributed by atoms with Crippen LogP contribution in [0.25, 0.3) is 0 Å². The largest absolute Gasteiger partial charge is 0.271 e. The maximum atomic E-state index is 8.84. The van der Waals surface area contributed by atoms with E-state index in [9.17, 15) is 0 Å². The van der Waals surface area contributed by atoms with Crippen molar-refractivity contribution in [1.82, 2.24) is 10.2 Å². The molecule has 0 saturated heterocycles. The minimum atomic E-state index is -0.230. The first-order chi connectivity index (χ1) is 5.28.